The molecule has 0 radical (unpaired) electrons. The third-order valence-electron chi connectivity index (χ3n) is 4.72. The van der Waals surface area contributed by atoms with E-state index < -0.39 is 23.4 Å². The number of nitrogens with one attached hydrogen (secondary N) is 2. The first-order valence-corrected chi connectivity index (χ1v) is 11.0. The monoisotopic (exact) mass is 486 g/mol. The summed E-state index contributed by atoms with van der Waals surface area (Å²) in [7, 11) is 0. The lowest BCUT2D eigenvalue weighted by Gasteiger charge is -2.20. The molecule has 1 heterocycles. The van der Waals surface area contributed by atoms with Crippen molar-refractivity contribution in [1.82, 2.24) is 8.75 Å². The summed E-state index contributed by atoms with van der Waals surface area (Å²) in [6.07, 6.45) is -5.00. The topological polar surface area (TPSA) is 76.1 Å². The molecule has 4 aromatic rings. The fraction of sp³-hybridized carbons (Fsp3) is 0.208. The largest absolute Gasteiger partial charge is 0.444 e. The molecule has 0 aliphatic carbocycles. The summed E-state index contributed by atoms with van der Waals surface area (Å²) < 4.78 is 52.5. The summed E-state index contributed by atoms with van der Waals surface area (Å²) in [5.41, 5.74) is 3.22. The molecule has 0 saturated carbocycles. The molecule has 1 amide bonds. The van der Waals surface area contributed by atoms with Gasteiger partial charge >= 0.3 is 12.3 Å². The highest BCUT2D eigenvalue weighted by Gasteiger charge is 2.30. The second-order valence-corrected chi connectivity index (χ2v) is 9.08. The Morgan fingerprint density at radius 1 is 0.882 bits per heavy atom. The van der Waals surface area contributed by atoms with Crippen LogP contribution in [0.25, 0.3) is 22.2 Å². The van der Waals surface area contributed by atoms with Crippen LogP contribution >= 0.6 is 11.7 Å². The van der Waals surface area contributed by atoms with Crippen LogP contribution in [0, 0.1) is 0 Å². The summed E-state index contributed by atoms with van der Waals surface area (Å²) in [5.74, 6) is 0. The van der Waals surface area contributed by atoms with Crippen molar-refractivity contribution in [3.63, 3.8) is 0 Å². The summed E-state index contributed by atoms with van der Waals surface area (Å²) in [5, 5.41) is 5.88. The molecule has 10 heteroatoms. The van der Waals surface area contributed by atoms with Crippen LogP contribution in [0.5, 0.6) is 0 Å². The zero-order valence-electron chi connectivity index (χ0n) is 18.5. The average Bonchev–Trinajstić information content (AvgIpc) is 3.21. The van der Waals surface area contributed by atoms with Crippen LogP contribution in [0.2, 0.25) is 0 Å². The molecular formula is C24H21F3N4O2S. The third-order valence-corrected chi connectivity index (χ3v) is 5.28. The first-order chi connectivity index (χ1) is 16.0. The van der Waals surface area contributed by atoms with Gasteiger partial charge in [-0.05, 0) is 80.9 Å². The van der Waals surface area contributed by atoms with E-state index in [1.165, 1.54) is 12.1 Å². The Labute approximate surface area is 198 Å². The Kier molecular flexibility index (Phi) is 6.18. The van der Waals surface area contributed by atoms with Crippen molar-refractivity contribution in [2.24, 2.45) is 0 Å². The molecular weight excluding hydrogens is 465 g/mol. The van der Waals surface area contributed by atoms with Crippen LogP contribution in [-0.2, 0) is 10.9 Å². The van der Waals surface area contributed by atoms with Crippen LogP contribution in [0.4, 0.5) is 35.0 Å². The van der Waals surface area contributed by atoms with E-state index in [-0.39, 0.29) is 0 Å². The van der Waals surface area contributed by atoms with Crippen LogP contribution < -0.4 is 10.6 Å². The third kappa shape index (κ3) is 5.63. The van der Waals surface area contributed by atoms with E-state index in [4.69, 9.17) is 4.74 Å². The maximum Gasteiger partial charge on any atom is 0.416 e. The lowest BCUT2D eigenvalue weighted by Crippen LogP contribution is -2.27. The predicted octanol–water partition coefficient (Wildman–Crippen LogP) is 7.47. The highest BCUT2D eigenvalue weighted by Crippen LogP contribution is 2.35. The molecule has 3 aromatic carbocycles. The summed E-state index contributed by atoms with van der Waals surface area (Å²) in [4.78, 5) is 12.2. The zero-order valence-corrected chi connectivity index (χ0v) is 19.3. The van der Waals surface area contributed by atoms with Crippen LogP contribution in [0.15, 0.2) is 60.7 Å². The minimum atomic E-state index is -4.41. The first-order valence-electron chi connectivity index (χ1n) is 10.3. The normalized spacial score (nSPS) is 11.9. The van der Waals surface area contributed by atoms with Gasteiger partial charge in [0, 0.05) is 22.6 Å². The van der Waals surface area contributed by atoms with Gasteiger partial charge in [0.2, 0.25) is 0 Å². The summed E-state index contributed by atoms with van der Waals surface area (Å²) in [6.45, 7) is 5.31. The van der Waals surface area contributed by atoms with Gasteiger partial charge in [-0.3, -0.25) is 5.32 Å². The number of nitrogens with zero attached hydrogens (tertiary/aromatic N) is 2. The predicted molar refractivity (Wildman–Crippen MR) is 127 cm³/mol. The standard InChI is InChI=1S/C24H21F3N4O2S/c1-23(2,3)33-22(32)29-17-9-11-19(28-16-7-5-15(6-8-16)24(25,26)27)18(13-17)14-4-10-20-21(12-14)31-34-30-20/h4-13,28H,1-3H3,(H,29,32). The van der Waals surface area contributed by atoms with Gasteiger partial charge in [-0.2, -0.15) is 21.9 Å². The van der Waals surface area contributed by atoms with Gasteiger partial charge in [0.1, 0.15) is 16.6 Å². The number of hydrogen-bond donors (Lipinski definition) is 2. The van der Waals surface area contributed by atoms with Crippen LogP contribution in [0.1, 0.15) is 26.3 Å². The number of amides is 1. The minimum Gasteiger partial charge on any atom is -0.444 e. The molecule has 2 N–H and O–H groups in total. The molecule has 0 bridgehead atoms. The first kappa shape index (κ1) is 23.5. The maximum atomic E-state index is 12.9. The summed E-state index contributed by atoms with van der Waals surface area (Å²) in [6, 6.07) is 15.5. The van der Waals surface area contributed by atoms with Gasteiger partial charge in [-0.25, -0.2) is 4.79 Å². The lowest BCUT2D eigenvalue weighted by molar-refractivity contribution is -0.137. The Morgan fingerprint density at radius 3 is 2.24 bits per heavy atom. The number of carbonyl (C=O) groups excluding carboxylic acids is 1. The molecule has 0 saturated heterocycles. The van der Waals surface area contributed by atoms with E-state index in [9.17, 15) is 18.0 Å². The van der Waals surface area contributed by atoms with Crippen molar-refractivity contribution in [1.29, 1.82) is 0 Å². The number of ether oxygens (including phenoxy) is 1. The molecule has 0 unspecified atom stereocenters. The average molecular weight is 487 g/mol. The number of aromatic nitrogens is 2. The van der Waals surface area contributed by atoms with Crippen molar-refractivity contribution in [2.75, 3.05) is 10.6 Å². The number of carbonyl (C=O) groups is 1. The van der Waals surface area contributed by atoms with Crippen molar-refractivity contribution in [2.45, 2.75) is 32.5 Å². The Bertz CT molecular complexity index is 1330. The number of alkyl halides is 3. The number of halogens is 3. The minimum absolute atomic E-state index is 0.485. The molecule has 176 valence electrons. The molecule has 4 rings (SSSR count). The Balaban J connectivity index is 1.69. The quantitative estimate of drug-likeness (QED) is 0.313. The van der Waals surface area contributed by atoms with Gasteiger partial charge in [-0.15, -0.1) is 0 Å². The van der Waals surface area contributed by atoms with E-state index in [1.54, 1.807) is 39.0 Å². The number of benzene rings is 3. The van der Waals surface area contributed by atoms with Crippen LogP contribution in [0.3, 0.4) is 0 Å². The van der Waals surface area contributed by atoms with E-state index in [2.05, 4.69) is 19.4 Å². The Hall–Kier alpha value is -3.66. The smallest absolute Gasteiger partial charge is 0.416 e. The van der Waals surface area contributed by atoms with E-state index in [0.717, 1.165) is 34.9 Å². The molecule has 0 fully saturated rings. The van der Waals surface area contributed by atoms with Gasteiger partial charge < -0.3 is 10.1 Å². The molecule has 6 nitrogen and oxygen atoms in total. The number of fused-ring (bicyclic) bond motifs is 1. The molecule has 0 atom stereocenters. The van der Waals surface area contributed by atoms with Crippen molar-refractivity contribution >= 4 is 45.9 Å². The highest BCUT2D eigenvalue weighted by atomic mass is 32.1. The summed E-state index contributed by atoms with van der Waals surface area (Å²) >= 11 is 1.10. The second kappa shape index (κ2) is 8.94. The maximum absolute atomic E-state index is 12.9. The zero-order chi connectivity index (χ0) is 24.5. The van der Waals surface area contributed by atoms with Crippen molar-refractivity contribution in [3.05, 3.63) is 66.2 Å². The number of hydrogen-bond acceptors (Lipinski definition) is 6. The van der Waals surface area contributed by atoms with Gasteiger partial charge in [0.25, 0.3) is 0 Å². The molecule has 0 aliphatic heterocycles. The van der Waals surface area contributed by atoms with E-state index in [0.29, 0.717) is 28.1 Å². The highest BCUT2D eigenvalue weighted by molar-refractivity contribution is 7.00. The van der Waals surface area contributed by atoms with Crippen molar-refractivity contribution < 1.29 is 22.7 Å². The molecule has 34 heavy (non-hydrogen) atoms. The van der Waals surface area contributed by atoms with Crippen molar-refractivity contribution in [3.8, 4) is 11.1 Å². The van der Waals surface area contributed by atoms with E-state index in [1.807, 2.05) is 18.2 Å². The fourth-order valence-corrected chi connectivity index (χ4v) is 3.76. The van der Waals surface area contributed by atoms with Gasteiger partial charge in [-0.1, -0.05) is 6.07 Å². The second-order valence-electron chi connectivity index (χ2n) is 8.56. The molecule has 1 aromatic heterocycles. The van der Waals surface area contributed by atoms with E-state index >= 15 is 0 Å². The van der Waals surface area contributed by atoms with Gasteiger partial charge in [0.05, 0.1) is 17.3 Å². The number of anilines is 3. The van der Waals surface area contributed by atoms with Crippen LogP contribution in [-0.4, -0.2) is 20.4 Å². The van der Waals surface area contributed by atoms with Gasteiger partial charge in [0.15, 0.2) is 0 Å². The SMILES string of the molecule is CC(C)(C)OC(=O)Nc1ccc(Nc2ccc(C(F)(F)F)cc2)c(-c2ccc3nsnc3c2)c1. The molecule has 0 spiro atoms. The number of rotatable bonds is 4. The molecule has 0 aliphatic rings. The lowest BCUT2D eigenvalue weighted by atomic mass is 10.0. The fourth-order valence-electron chi connectivity index (χ4n) is 3.24. The Morgan fingerprint density at radius 2 is 1.56 bits per heavy atom.